The Morgan fingerprint density at radius 3 is 2.47 bits per heavy atom. The molecule has 0 bridgehead atoms. The molecule has 6 nitrogen and oxygen atoms in total. The van der Waals surface area contributed by atoms with Gasteiger partial charge in [-0.05, 0) is 102 Å². The van der Waals surface area contributed by atoms with E-state index in [0.29, 0.717) is 13.0 Å². The summed E-state index contributed by atoms with van der Waals surface area (Å²) in [5.74, 6) is 0.372. The second-order valence-corrected chi connectivity index (χ2v) is 10.5. The minimum Gasteiger partial charge on any atom is -0.322 e. The highest BCUT2D eigenvalue weighted by molar-refractivity contribution is 6.07. The largest absolute Gasteiger partial charge is 0.325 e. The normalized spacial score (nSPS) is 26.5. The number of amides is 3. The molecule has 2 aliphatic heterocycles. The van der Waals surface area contributed by atoms with E-state index in [9.17, 15) is 14.0 Å². The second-order valence-electron chi connectivity index (χ2n) is 10.5. The summed E-state index contributed by atoms with van der Waals surface area (Å²) in [6.45, 7) is 4.23. The van der Waals surface area contributed by atoms with Crippen molar-refractivity contribution in [3.05, 3.63) is 47.8 Å². The average Bonchev–Trinajstić information content (AvgIpc) is 3.06. The molecule has 4 rings (SSSR count). The van der Waals surface area contributed by atoms with Gasteiger partial charge in [0.15, 0.2) is 0 Å². The summed E-state index contributed by atoms with van der Waals surface area (Å²) in [5.41, 5.74) is -0.0752. The van der Waals surface area contributed by atoms with Gasteiger partial charge in [0.05, 0.1) is 0 Å². The maximum absolute atomic E-state index is 13.8. The van der Waals surface area contributed by atoms with Gasteiger partial charge in [-0.1, -0.05) is 24.3 Å². The molecule has 1 N–H and O–H groups in total. The summed E-state index contributed by atoms with van der Waals surface area (Å²) in [4.78, 5) is 32.8. The van der Waals surface area contributed by atoms with Crippen LogP contribution in [0.4, 0.5) is 9.18 Å². The summed E-state index contributed by atoms with van der Waals surface area (Å²) < 4.78 is 13.5. The molecule has 2 heterocycles. The monoisotopic (exact) mass is 470 g/mol. The zero-order chi connectivity index (χ0) is 24.1. The van der Waals surface area contributed by atoms with Crippen molar-refractivity contribution >= 4 is 11.9 Å². The van der Waals surface area contributed by atoms with Gasteiger partial charge in [0.2, 0.25) is 0 Å². The number of likely N-dealkylation sites (tertiary alicyclic amines) is 1. The van der Waals surface area contributed by atoms with Gasteiger partial charge in [0.1, 0.15) is 11.4 Å². The van der Waals surface area contributed by atoms with Gasteiger partial charge in [-0.25, -0.2) is 9.18 Å². The molecule has 34 heavy (non-hydrogen) atoms. The van der Waals surface area contributed by atoms with Crippen molar-refractivity contribution in [3.8, 4) is 0 Å². The van der Waals surface area contributed by atoms with Crippen LogP contribution >= 0.6 is 0 Å². The average molecular weight is 471 g/mol. The van der Waals surface area contributed by atoms with E-state index in [2.05, 4.69) is 27.3 Å². The lowest BCUT2D eigenvalue weighted by molar-refractivity contribution is -0.134. The quantitative estimate of drug-likeness (QED) is 0.442. The zero-order valence-electron chi connectivity index (χ0n) is 20.6. The van der Waals surface area contributed by atoms with E-state index in [0.717, 1.165) is 63.3 Å². The van der Waals surface area contributed by atoms with Crippen LogP contribution in [0.5, 0.6) is 0 Å². The van der Waals surface area contributed by atoms with E-state index in [4.69, 9.17) is 0 Å². The van der Waals surface area contributed by atoms with Crippen LogP contribution in [0.3, 0.4) is 0 Å². The van der Waals surface area contributed by atoms with Gasteiger partial charge in [-0.2, -0.15) is 0 Å². The Morgan fingerprint density at radius 1 is 1.09 bits per heavy atom. The van der Waals surface area contributed by atoms with Crippen molar-refractivity contribution in [2.24, 2.45) is 11.8 Å². The molecule has 0 spiro atoms. The molecule has 1 aliphatic carbocycles. The number of benzene rings is 1. The fourth-order valence-electron chi connectivity index (χ4n) is 5.85. The Labute approximate surface area is 203 Å². The second kappa shape index (κ2) is 11.0. The molecular weight excluding hydrogens is 431 g/mol. The lowest BCUT2D eigenvalue weighted by Crippen LogP contribution is -2.57. The number of halogens is 1. The van der Waals surface area contributed by atoms with Gasteiger partial charge in [0, 0.05) is 19.5 Å². The lowest BCUT2D eigenvalue weighted by atomic mass is 9.73. The summed E-state index contributed by atoms with van der Waals surface area (Å²) in [5, 5.41) is 3.14. The van der Waals surface area contributed by atoms with Crippen molar-refractivity contribution in [1.82, 2.24) is 20.0 Å². The molecule has 186 valence electrons. The Hall–Kier alpha value is -2.25. The van der Waals surface area contributed by atoms with Crippen LogP contribution < -0.4 is 5.32 Å². The number of hydrogen-bond acceptors (Lipinski definition) is 4. The number of nitrogens with zero attached hydrogens (tertiary/aromatic N) is 3. The highest BCUT2D eigenvalue weighted by atomic mass is 19.1. The predicted molar refractivity (Wildman–Crippen MR) is 132 cm³/mol. The first-order chi connectivity index (χ1) is 16.4. The molecule has 2 fully saturated rings. The van der Waals surface area contributed by atoms with E-state index in [1.54, 1.807) is 12.1 Å². The van der Waals surface area contributed by atoms with E-state index in [-0.39, 0.29) is 23.7 Å². The maximum Gasteiger partial charge on any atom is 0.325 e. The van der Waals surface area contributed by atoms with Crippen LogP contribution in [-0.4, -0.2) is 79.0 Å². The lowest BCUT2D eigenvalue weighted by Gasteiger charge is -2.42. The number of urea groups is 1. The van der Waals surface area contributed by atoms with E-state index >= 15 is 0 Å². The summed E-state index contributed by atoms with van der Waals surface area (Å²) >= 11 is 0. The van der Waals surface area contributed by atoms with Crippen molar-refractivity contribution in [1.29, 1.82) is 0 Å². The summed E-state index contributed by atoms with van der Waals surface area (Å²) in [6, 6.07) is 6.04. The van der Waals surface area contributed by atoms with Crippen LogP contribution in [0.2, 0.25) is 0 Å². The number of carbonyl (C=O) groups excluding carboxylic acids is 2. The first-order valence-corrected chi connectivity index (χ1v) is 12.8. The molecule has 1 aromatic rings. The highest BCUT2D eigenvalue weighted by Gasteiger charge is 2.55. The Kier molecular flexibility index (Phi) is 8.04. The third-order valence-electron chi connectivity index (χ3n) is 7.76. The molecule has 7 heteroatoms. The highest BCUT2D eigenvalue weighted by Crippen LogP contribution is 2.37. The number of piperidine rings is 1. The number of carbonyl (C=O) groups is 2. The predicted octanol–water partition coefficient (Wildman–Crippen LogP) is 3.68. The number of nitrogens with one attached hydrogen (secondary N) is 1. The molecule has 0 radical (unpaired) electrons. The third kappa shape index (κ3) is 5.69. The minimum atomic E-state index is -0.952. The molecule has 0 unspecified atom stereocenters. The van der Waals surface area contributed by atoms with Crippen LogP contribution in [0.15, 0.2) is 36.4 Å². The molecule has 3 aliphatic rings. The van der Waals surface area contributed by atoms with Crippen LogP contribution in [0.25, 0.3) is 0 Å². The van der Waals surface area contributed by atoms with Crippen molar-refractivity contribution in [2.45, 2.75) is 50.5 Å². The molecular formula is C27H39FN4O2. The number of hydrogen-bond donors (Lipinski definition) is 1. The van der Waals surface area contributed by atoms with Gasteiger partial charge in [-0.3, -0.25) is 9.69 Å². The fraction of sp³-hybridized carbons (Fsp3) is 0.630. The van der Waals surface area contributed by atoms with E-state index in [1.165, 1.54) is 29.9 Å². The van der Waals surface area contributed by atoms with Crippen LogP contribution in [-0.2, 0) is 11.2 Å². The van der Waals surface area contributed by atoms with Gasteiger partial charge < -0.3 is 15.1 Å². The van der Waals surface area contributed by atoms with Gasteiger partial charge in [-0.15, -0.1) is 0 Å². The van der Waals surface area contributed by atoms with E-state index < -0.39 is 5.54 Å². The Balaban J connectivity index is 1.48. The molecule has 1 aromatic carbocycles. The third-order valence-corrected chi connectivity index (χ3v) is 7.76. The Morgan fingerprint density at radius 2 is 1.82 bits per heavy atom. The first kappa shape index (κ1) is 24.9. The van der Waals surface area contributed by atoms with Crippen molar-refractivity contribution in [3.63, 3.8) is 0 Å². The molecule has 0 saturated carbocycles. The van der Waals surface area contributed by atoms with Crippen molar-refractivity contribution in [2.75, 3.05) is 46.8 Å². The van der Waals surface area contributed by atoms with Crippen molar-refractivity contribution < 1.29 is 14.0 Å². The maximum atomic E-state index is 13.8. The molecule has 3 amide bonds. The first-order valence-electron chi connectivity index (χ1n) is 12.8. The topological polar surface area (TPSA) is 55.9 Å². The number of imide groups is 1. The zero-order valence-corrected chi connectivity index (χ0v) is 20.6. The molecule has 2 saturated heterocycles. The van der Waals surface area contributed by atoms with Gasteiger partial charge in [0.25, 0.3) is 5.91 Å². The summed E-state index contributed by atoms with van der Waals surface area (Å²) in [6.07, 6.45) is 11.1. The molecule has 0 aromatic heterocycles. The fourth-order valence-corrected chi connectivity index (χ4v) is 5.85. The number of rotatable bonds is 9. The minimum absolute atomic E-state index is 0.0651. The standard InChI is InChI=1S/C27H39FN4O2/c1-30(2)15-6-16-32-25(33)27(29-26(32)34,19-21-9-11-24(28)12-10-21)23-13-17-31(18-14-23)20-22-7-4-3-5-8-22/h3-4,9-12,22-23H,5-8,13-20H2,1-2H3,(H,29,34)/t22-,27+/m1/s1. The SMILES string of the molecule is CN(C)CCCN1C(=O)N[C@@](Cc2ccc(F)cc2)(C2CCN(C[C@@H]3CC=CCC3)CC2)C1=O. The molecule has 2 atom stereocenters. The smallest absolute Gasteiger partial charge is 0.322 e. The van der Waals surface area contributed by atoms with Crippen LogP contribution in [0, 0.1) is 17.7 Å². The van der Waals surface area contributed by atoms with E-state index in [1.807, 2.05) is 14.1 Å². The number of allylic oxidation sites excluding steroid dienone is 2. The Bertz CT molecular complexity index is 879. The summed E-state index contributed by atoms with van der Waals surface area (Å²) in [7, 11) is 3.98. The van der Waals surface area contributed by atoms with Gasteiger partial charge >= 0.3 is 6.03 Å². The van der Waals surface area contributed by atoms with Crippen LogP contribution in [0.1, 0.15) is 44.1 Å².